The summed E-state index contributed by atoms with van der Waals surface area (Å²) in [6.45, 7) is 0. The molecule has 2 aromatic carbocycles. The van der Waals surface area contributed by atoms with Crippen LogP contribution in [0.2, 0.25) is 0 Å². The van der Waals surface area contributed by atoms with Gasteiger partial charge in [-0.15, -0.1) is 0 Å². The van der Waals surface area contributed by atoms with Crippen molar-refractivity contribution in [1.29, 1.82) is 0 Å². The predicted octanol–water partition coefficient (Wildman–Crippen LogP) is 1.95. The van der Waals surface area contributed by atoms with Crippen molar-refractivity contribution in [3.63, 3.8) is 0 Å². The molecule has 0 unspecified atom stereocenters. The third-order valence-corrected chi connectivity index (χ3v) is 4.46. The molecule has 24 heavy (non-hydrogen) atoms. The Morgan fingerprint density at radius 1 is 1.04 bits per heavy atom. The van der Waals surface area contributed by atoms with Crippen LogP contribution in [0.15, 0.2) is 54.6 Å². The van der Waals surface area contributed by atoms with E-state index in [2.05, 4.69) is 17.4 Å². The van der Waals surface area contributed by atoms with Gasteiger partial charge in [0.2, 0.25) is 5.91 Å². The minimum absolute atomic E-state index is 0.180. The molecule has 0 bridgehead atoms. The summed E-state index contributed by atoms with van der Waals surface area (Å²) in [6.07, 6.45) is 2.27. The number of hydrogen-bond acceptors (Lipinski definition) is 3. The number of hydrogen-bond donors (Lipinski definition) is 3. The van der Waals surface area contributed by atoms with Gasteiger partial charge in [0.25, 0.3) is 5.91 Å². The SMILES string of the molecule is O=C1N[C@@H](C(=O)NO)C[C@H]1c1ccc(CCc2ccccc2)cc1. The highest BCUT2D eigenvalue weighted by atomic mass is 16.5. The fourth-order valence-electron chi connectivity index (χ4n) is 3.06. The Hall–Kier alpha value is -2.66. The van der Waals surface area contributed by atoms with E-state index in [-0.39, 0.29) is 11.8 Å². The maximum Gasteiger partial charge on any atom is 0.265 e. The summed E-state index contributed by atoms with van der Waals surface area (Å²) in [6, 6.07) is 17.6. The average Bonchev–Trinajstić information content (AvgIpc) is 3.02. The maximum absolute atomic E-state index is 12.0. The molecular formula is C19H20N2O3. The second-order valence-corrected chi connectivity index (χ2v) is 6.05. The molecule has 0 saturated carbocycles. The average molecular weight is 324 g/mol. The second-order valence-electron chi connectivity index (χ2n) is 6.05. The van der Waals surface area contributed by atoms with Gasteiger partial charge in [-0.2, -0.15) is 0 Å². The molecule has 2 amide bonds. The van der Waals surface area contributed by atoms with Crippen molar-refractivity contribution >= 4 is 11.8 Å². The number of hydroxylamine groups is 1. The van der Waals surface area contributed by atoms with E-state index in [1.165, 1.54) is 11.1 Å². The molecule has 1 aliphatic rings. The third kappa shape index (κ3) is 3.63. The molecule has 5 nitrogen and oxygen atoms in total. The molecule has 124 valence electrons. The normalized spacial score (nSPS) is 19.8. The largest absolute Gasteiger partial charge is 0.344 e. The lowest BCUT2D eigenvalue weighted by Gasteiger charge is -2.09. The van der Waals surface area contributed by atoms with E-state index < -0.39 is 11.9 Å². The highest BCUT2D eigenvalue weighted by molar-refractivity contribution is 5.94. The second kappa shape index (κ2) is 7.27. The Kier molecular flexibility index (Phi) is 4.91. The summed E-state index contributed by atoms with van der Waals surface area (Å²) in [5.74, 6) is -1.11. The number of carbonyl (C=O) groups excluding carboxylic acids is 2. The number of benzene rings is 2. The standard InChI is InChI=1S/C19H20N2O3/c22-18-16(12-17(20-18)19(23)21-24)15-10-8-14(9-11-15)7-6-13-4-2-1-3-5-13/h1-5,8-11,16-17,24H,6-7,12H2,(H,20,22)(H,21,23)/t16-,17+/m0/s1. The first kappa shape index (κ1) is 16.2. The first-order valence-electron chi connectivity index (χ1n) is 8.04. The molecule has 0 aliphatic carbocycles. The Bertz CT molecular complexity index is 713. The molecule has 1 aliphatic heterocycles. The van der Waals surface area contributed by atoms with Crippen molar-refractivity contribution in [2.75, 3.05) is 0 Å². The predicted molar refractivity (Wildman–Crippen MR) is 89.5 cm³/mol. The number of nitrogens with one attached hydrogen (secondary N) is 2. The summed E-state index contributed by atoms with van der Waals surface area (Å²) in [5.41, 5.74) is 4.99. The lowest BCUT2D eigenvalue weighted by Crippen LogP contribution is -2.40. The quantitative estimate of drug-likeness (QED) is 0.581. The topological polar surface area (TPSA) is 78.4 Å². The molecular weight excluding hydrogens is 304 g/mol. The van der Waals surface area contributed by atoms with Gasteiger partial charge in [0.15, 0.2) is 0 Å². The fraction of sp³-hybridized carbons (Fsp3) is 0.263. The molecule has 5 heteroatoms. The minimum atomic E-state index is -0.676. The summed E-state index contributed by atoms with van der Waals surface area (Å²) < 4.78 is 0. The van der Waals surface area contributed by atoms with Gasteiger partial charge in [-0.25, -0.2) is 5.48 Å². The van der Waals surface area contributed by atoms with E-state index in [4.69, 9.17) is 5.21 Å². The molecule has 0 aromatic heterocycles. The van der Waals surface area contributed by atoms with Crippen LogP contribution in [-0.4, -0.2) is 23.1 Å². The number of amides is 2. The summed E-state index contributed by atoms with van der Waals surface area (Å²) >= 11 is 0. The van der Waals surface area contributed by atoms with Crippen molar-refractivity contribution in [2.24, 2.45) is 0 Å². The van der Waals surface area contributed by atoms with E-state index in [1.54, 1.807) is 5.48 Å². The van der Waals surface area contributed by atoms with Crippen molar-refractivity contribution in [3.05, 3.63) is 71.3 Å². The molecule has 1 saturated heterocycles. The first-order chi connectivity index (χ1) is 11.7. The van der Waals surface area contributed by atoms with Crippen molar-refractivity contribution in [3.8, 4) is 0 Å². The van der Waals surface area contributed by atoms with Crippen LogP contribution in [0.4, 0.5) is 0 Å². The molecule has 2 aromatic rings. The van der Waals surface area contributed by atoms with Crippen LogP contribution in [0.5, 0.6) is 0 Å². The highest BCUT2D eigenvalue weighted by Crippen LogP contribution is 2.27. The molecule has 0 radical (unpaired) electrons. The Morgan fingerprint density at radius 3 is 2.29 bits per heavy atom. The zero-order chi connectivity index (χ0) is 16.9. The van der Waals surface area contributed by atoms with Crippen molar-refractivity contribution < 1.29 is 14.8 Å². The number of carbonyl (C=O) groups is 2. The molecule has 1 fully saturated rings. The van der Waals surface area contributed by atoms with Crippen LogP contribution in [0.1, 0.15) is 29.0 Å². The Labute approximate surface area is 140 Å². The van der Waals surface area contributed by atoms with Gasteiger partial charge in [-0.3, -0.25) is 14.8 Å². The van der Waals surface area contributed by atoms with Gasteiger partial charge in [0.05, 0.1) is 5.92 Å². The molecule has 1 heterocycles. The highest BCUT2D eigenvalue weighted by Gasteiger charge is 2.36. The Balaban J connectivity index is 1.62. The molecule has 3 N–H and O–H groups in total. The van der Waals surface area contributed by atoms with Crippen LogP contribution >= 0.6 is 0 Å². The van der Waals surface area contributed by atoms with Crippen LogP contribution in [0.3, 0.4) is 0 Å². The molecule has 0 spiro atoms. The minimum Gasteiger partial charge on any atom is -0.344 e. The zero-order valence-corrected chi connectivity index (χ0v) is 13.2. The lowest BCUT2D eigenvalue weighted by molar-refractivity contribution is -0.132. The van der Waals surface area contributed by atoms with Gasteiger partial charge in [0, 0.05) is 0 Å². The summed E-state index contributed by atoms with van der Waals surface area (Å²) in [7, 11) is 0. The van der Waals surface area contributed by atoms with Crippen LogP contribution in [0, 0.1) is 0 Å². The maximum atomic E-state index is 12.0. The smallest absolute Gasteiger partial charge is 0.265 e. The lowest BCUT2D eigenvalue weighted by atomic mass is 9.94. The summed E-state index contributed by atoms with van der Waals surface area (Å²) in [5, 5.41) is 11.3. The van der Waals surface area contributed by atoms with Crippen LogP contribution in [-0.2, 0) is 22.4 Å². The van der Waals surface area contributed by atoms with Crippen molar-refractivity contribution in [2.45, 2.75) is 31.2 Å². The van der Waals surface area contributed by atoms with Crippen molar-refractivity contribution in [1.82, 2.24) is 10.8 Å². The summed E-state index contributed by atoms with van der Waals surface area (Å²) in [4.78, 5) is 23.5. The van der Waals surface area contributed by atoms with Crippen LogP contribution in [0.25, 0.3) is 0 Å². The zero-order valence-electron chi connectivity index (χ0n) is 13.2. The number of rotatable bonds is 5. The van der Waals surface area contributed by atoms with Gasteiger partial charge in [-0.1, -0.05) is 54.6 Å². The van der Waals surface area contributed by atoms with Gasteiger partial charge in [-0.05, 0) is 36.0 Å². The van der Waals surface area contributed by atoms with Gasteiger partial charge < -0.3 is 5.32 Å². The van der Waals surface area contributed by atoms with E-state index in [0.717, 1.165) is 18.4 Å². The van der Waals surface area contributed by atoms with Crippen LogP contribution < -0.4 is 10.8 Å². The van der Waals surface area contributed by atoms with E-state index in [9.17, 15) is 9.59 Å². The van der Waals surface area contributed by atoms with Gasteiger partial charge >= 0.3 is 0 Å². The third-order valence-electron chi connectivity index (χ3n) is 4.46. The van der Waals surface area contributed by atoms with E-state index >= 15 is 0 Å². The van der Waals surface area contributed by atoms with Gasteiger partial charge in [0.1, 0.15) is 6.04 Å². The monoisotopic (exact) mass is 324 g/mol. The van der Waals surface area contributed by atoms with E-state index in [1.807, 2.05) is 42.5 Å². The first-order valence-corrected chi connectivity index (χ1v) is 8.04. The molecule has 3 rings (SSSR count). The Morgan fingerprint density at radius 2 is 1.67 bits per heavy atom. The number of aryl methyl sites for hydroxylation is 2. The molecule has 2 atom stereocenters. The fourth-order valence-corrected chi connectivity index (χ4v) is 3.06. The van der Waals surface area contributed by atoms with E-state index in [0.29, 0.717) is 6.42 Å².